The fourth-order valence-corrected chi connectivity index (χ4v) is 1.49. The third-order valence-corrected chi connectivity index (χ3v) is 2.42. The van der Waals surface area contributed by atoms with Gasteiger partial charge in [0.25, 0.3) is 0 Å². The van der Waals surface area contributed by atoms with Crippen molar-refractivity contribution in [2.24, 2.45) is 0 Å². The van der Waals surface area contributed by atoms with Crippen molar-refractivity contribution in [3.63, 3.8) is 0 Å². The van der Waals surface area contributed by atoms with Gasteiger partial charge in [0.05, 0.1) is 6.61 Å². The van der Waals surface area contributed by atoms with Crippen LogP contribution >= 0.6 is 0 Å². The molecular weight excluding hydrogens is 232 g/mol. The first-order valence-electron chi connectivity index (χ1n) is 6.29. The lowest BCUT2D eigenvalue weighted by molar-refractivity contribution is 0.158. The second-order valence-electron chi connectivity index (χ2n) is 3.61. The van der Waals surface area contributed by atoms with Gasteiger partial charge in [-0.25, -0.2) is 0 Å². The molecule has 3 N–H and O–H groups in total. The van der Waals surface area contributed by atoms with Crippen molar-refractivity contribution in [2.45, 2.75) is 20.8 Å². The average Bonchev–Trinajstić information content (AvgIpc) is 2.36. The molecule has 0 unspecified atom stereocenters. The molecule has 0 spiro atoms. The molecule has 0 radical (unpaired) electrons. The Morgan fingerprint density at radius 2 is 1.89 bits per heavy atom. The quantitative estimate of drug-likeness (QED) is 0.661. The third-order valence-electron chi connectivity index (χ3n) is 2.42. The standard InChI is InChI=1S/C11H22N6O/c1-4-17(5-2)11-15-9(12)14-10(16-11)13-7-8-18-6-3/h4-8H2,1-3H3,(H3,12,13,14,15,16). The molecule has 0 bridgehead atoms. The van der Waals surface area contributed by atoms with E-state index < -0.39 is 0 Å². The predicted molar refractivity (Wildman–Crippen MR) is 72.8 cm³/mol. The average molecular weight is 254 g/mol. The number of hydrogen-bond acceptors (Lipinski definition) is 7. The summed E-state index contributed by atoms with van der Waals surface area (Å²) in [5.41, 5.74) is 5.68. The smallest absolute Gasteiger partial charge is 0.231 e. The molecule has 0 saturated carbocycles. The molecule has 18 heavy (non-hydrogen) atoms. The van der Waals surface area contributed by atoms with Gasteiger partial charge < -0.3 is 20.7 Å². The number of nitrogen functional groups attached to an aromatic ring is 1. The maximum absolute atomic E-state index is 5.68. The Morgan fingerprint density at radius 1 is 1.17 bits per heavy atom. The molecule has 0 saturated heterocycles. The lowest BCUT2D eigenvalue weighted by Crippen LogP contribution is -2.25. The molecule has 1 aromatic rings. The van der Waals surface area contributed by atoms with Crippen LogP contribution in [-0.2, 0) is 4.74 Å². The van der Waals surface area contributed by atoms with Crippen molar-refractivity contribution in [3.05, 3.63) is 0 Å². The third kappa shape index (κ3) is 4.33. The first-order chi connectivity index (χ1) is 8.71. The zero-order valence-electron chi connectivity index (χ0n) is 11.3. The van der Waals surface area contributed by atoms with Gasteiger partial charge in [0.15, 0.2) is 0 Å². The lowest BCUT2D eigenvalue weighted by Gasteiger charge is -2.19. The Balaban J connectivity index is 2.68. The number of nitrogens with one attached hydrogen (secondary N) is 1. The highest BCUT2D eigenvalue weighted by molar-refractivity contribution is 5.41. The van der Waals surface area contributed by atoms with Crippen molar-refractivity contribution in [3.8, 4) is 0 Å². The van der Waals surface area contributed by atoms with E-state index in [1.54, 1.807) is 0 Å². The Hall–Kier alpha value is -1.63. The minimum atomic E-state index is 0.228. The molecule has 0 aromatic carbocycles. The molecule has 102 valence electrons. The van der Waals surface area contributed by atoms with Crippen molar-refractivity contribution >= 4 is 17.8 Å². The zero-order valence-corrected chi connectivity index (χ0v) is 11.3. The van der Waals surface area contributed by atoms with Gasteiger partial charge in [-0.1, -0.05) is 0 Å². The fourth-order valence-electron chi connectivity index (χ4n) is 1.49. The highest BCUT2D eigenvalue weighted by Crippen LogP contribution is 2.11. The van der Waals surface area contributed by atoms with Gasteiger partial charge >= 0.3 is 0 Å². The second-order valence-corrected chi connectivity index (χ2v) is 3.61. The van der Waals surface area contributed by atoms with Crippen LogP contribution in [0.1, 0.15) is 20.8 Å². The van der Waals surface area contributed by atoms with Crippen LogP contribution in [0.3, 0.4) is 0 Å². The molecule has 0 fully saturated rings. The summed E-state index contributed by atoms with van der Waals surface area (Å²) in [5, 5.41) is 3.07. The molecule has 0 aliphatic carbocycles. The molecule has 1 heterocycles. The number of hydrogen-bond donors (Lipinski definition) is 2. The Morgan fingerprint density at radius 3 is 2.50 bits per heavy atom. The van der Waals surface area contributed by atoms with Crippen LogP contribution in [0.5, 0.6) is 0 Å². The summed E-state index contributed by atoms with van der Waals surface area (Å²) in [6.45, 7) is 9.68. The normalized spacial score (nSPS) is 10.4. The van der Waals surface area contributed by atoms with Gasteiger partial charge in [-0.2, -0.15) is 15.0 Å². The van der Waals surface area contributed by atoms with Crippen molar-refractivity contribution in [1.29, 1.82) is 0 Å². The van der Waals surface area contributed by atoms with Crippen molar-refractivity contribution in [2.75, 3.05) is 48.8 Å². The summed E-state index contributed by atoms with van der Waals surface area (Å²) in [4.78, 5) is 14.5. The van der Waals surface area contributed by atoms with E-state index in [9.17, 15) is 0 Å². The number of rotatable bonds is 8. The van der Waals surface area contributed by atoms with E-state index in [0.717, 1.165) is 13.1 Å². The second kappa shape index (κ2) is 7.65. The molecule has 1 aromatic heterocycles. The maximum atomic E-state index is 5.68. The molecule has 0 atom stereocenters. The SMILES string of the molecule is CCOCCNc1nc(N)nc(N(CC)CC)n1. The molecule has 0 amide bonds. The molecular formula is C11H22N6O. The summed E-state index contributed by atoms with van der Waals surface area (Å²) in [6, 6.07) is 0. The number of nitrogens with zero attached hydrogens (tertiary/aromatic N) is 4. The lowest BCUT2D eigenvalue weighted by atomic mass is 10.5. The van der Waals surface area contributed by atoms with Crippen LogP contribution in [0.15, 0.2) is 0 Å². The molecule has 0 aliphatic rings. The summed E-state index contributed by atoms with van der Waals surface area (Å²) in [6.07, 6.45) is 0. The van der Waals surface area contributed by atoms with E-state index in [-0.39, 0.29) is 5.95 Å². The Labute approximate surface area is 108 Å². The Bertz CT molecular complexity index is 355. The summed E-state index contributed by atoms with van der Waals surface area (Å²) in [7, 11) is 0. The van der Waals surface area contributed by atoms with E-state index in [4.69, 9.17) is 10.5 Å². The summed E-state index contributed by atoms with van der Waals surface area (Å²) >= 11 is 0. The summed E-state index contributed by atoms with van der Waals surface area (Å²) < 4.78 is 5.23. The van der Waals surface area contributed by atoms with Gasteiger partial charge in [0.1, 0.15) is 0 Å². The van der Waals surface area contributed by atoms with Crippen LogP contribution in [0, 0.1) is 0 Å². The number of nitrogens with two attached hydrogens (primary N) is 1. The monoisotopic (exact) mass is 254 g/mol. The van der Waals surface area contributed by atoms with E-state index in [0.29, 0.717) is 31.7 Å². The minimum absolute atomic E-state index is 0.228. The molecule has 7 heteroatoms. The topological polar surface area (TPSA) is 89.2 Å². The van der Waals surface area contributed by atoms with Crippen LogP contribution in [0.4, 0.5) is 17.8 Å². The van der Waals surface area contributed by atoms with Gasteiger partial charge in [-0.3, -0.25) is 0 Å². The fraction of sp³-hybridized carbons (Fsp3) is 0.727. The van der Waals surface area contributed by atoms with Gasteiger partial charge in [-0.05, 0) is 20.8 Å². The van der Waals surface area contributed by atoms with E-state index in [1.807, 2.05) is 25.7 Å². The summed E-state index contributed by atoms with van der Waals surface area (Å²) in [5.74, 6) is 1.32. The van der Waals surface area contributed by atoms with Gasteiger partial charge in [-0.15, -0.1) is 0 Å². The van der Waals surface area contributed by atoms with Crippen LogP contribution in [0.25, 0.3) is 0 Å². The first-order valence-corrected chi connectivity index (χ1v) is 6.29. The predicted octanol–water partition coefficient (Wildman–Crippen LogP) is 0.748. The van der Waals surface area contributed by atoms with Crippen molar-refractivity contribution < 1.29 is 4.74 Å². The highest BCUT2D eigenvalue weighted by Gasteiger charge is 2.09. The Kier molecular flexibility index (Phi) is 6.13. The first kappa shape index (κ1) is 14.4. The van der Waals surface area contributed by atoms with Gasteiger partial charge in [0, 0.05) is 26.2 Å². The van der Waals surface area contributed by atoms with E-state index in [1.165, 1.54) is 0 Å². The minimum Gasteiger partial charge on any atom is -0.380 e. The molecule has 0 aliphatic heterocycles. The number of anilines is 3. The van der Waals surface area contributed by atoms with E-state index >= 15 is 0 Å². The highest BCUT2D eigenvalue weighted by atomic mass is 16.5. The van der Waals surface area contributed by atoms with Gasteiger partial charge in [0.2, 0.25) is 17.8 Å². The number of ether oxygens (including phenoxy) is 1. The molecule has 7 nitrogen and oxygen atoms in total. The largest absolute Gasteiger partial charge is 0.380 e. The zero-order chi connectivity index (χ0) is 13.4. The van der Waals surface area contributed by atoms with E-state index in [2.05, 4.69) is 20.3 Å². The van der Waals surface area contributed by atoms with Crippen LogP contribution < -0.4 is 16.0 Å². The maximum Gasteiger partial charge on any atom is 0.231 e. The van der Waals surface area contributed by atoms with Crippen LogP contribution in [0.2, 0.25) is 0 Å². The van der Waals surface area contributed by atoms with Crippen molar-refractivity contribution in [1.82, 2.24) is 15.0 Å². The number of aromatic nitrogens is 3. The molecule has 1 rings (SSSR count). The van der Waals surface area contributed by atoms with Crippen LogP contribution in [-0.4, -0.2) is 47.8 Å².